The summed E-state index contributed by atoms with van der Waals surface area (Å²) in [6.45, 7) is 3.81. The molecular formula is C11H14F6O2. The van der Waals surface area contributed by atoms with Crippen LogP contribution in [-0.4, -0.2) is 35.3 Å². The highest BCUT2D eigenvalue weighted by atomic mass is 19.3. The Morgan fingerprint density at radius 2 is 1.63 bits per heavy atom. The number of ether oxygens (including phenoxy) is 1. The molecule has 0 aromatic heterocycles. The molecular weight excluding hydrogens is 278 g/mol. The lowest BCUT2D eigenvalue weighted by atomic mass is 9.79. The molecule has 1 aliphatic carbocycles. The van der Waals surface area contributed by atoms with Crippen LogP contribution in [0.15, 0.2) is 0 Å². The normalized spacial score (nSPS) is 33.8. The summed E-state index contributed by atoms with van der Waals surface area (Å²) < 4.78 is 84.4. The third-order valence-corrected chi connectivity index (χ3v) is 2.77. The minimum absolute atomic E-state index is 1.18. The summed E-state index contributed by atoms with van der Waals surface area (Å²) in [6.07, 6.45) is -5.74. The van der Waals surface area contributed by atoms with Gasteiger partial charge < -0.3 is 4.74 Å². The van der Waals surface area contributed by atoms with Crippen molar-refractivity contribution in [2.24, 2.45) is 0 Å². The van der Waals surface area contributed by atoms with E-state index < -0.39 is 48.1 Å². The Morgan fingerprint density at radius 1 is 1.16 bits per heavy atom. The van der Waals surface area contributed by atoms with E-state index in [1.807, 2.05) is 0 Å². The van der Waals surface area contributed by atoms with E-state index >= 15 is 0 Å². The molecule has 1 saturated carbocycles. The average Bonchev–Trinajstić information content (AvgIpc) is 2.20. The highest BCUT2D eigenvalue weighted by Crippen LogP contribution is 2.54. The lowest BCUT2D eigenvalue weighted by Crippen LogP contribution is -2.67. The Hall–Kier alpha value is -0.950. The maximum absolute atomic E-state index is 14.1. The smallest absolute Gasteiger partial charge is 0.357 e. The topological polar surface area (TPSA) is 26.3 Å². The van der Waals surface area contributed by atoms with E-state index in [0.717, 1.165) is 0 Å². The standard InChI is InChI=1S/C11H14F6O2/c1-8(2,3)19-7(18)9(13)5-4-6(12)10(14,15)11(9,16)17/h6H,4-5H2,1-3H3. The molecule has 0 radical (unpaired) electrons. The quantitative estimate of drug-likeness (QED) is 0.546. The van der Waals surface area contributed by atoms with Gasteiger partial charge in [0, 0.05) is 6.42 Å². The summed E-state index contributed by atoms with van der Waals surface area (Å²) in [4.78, 5) is 11.4. The summed E-state index contributed by atoms with van der Waals surface area (Å²) in [5.74, 6) is -12.8. The first-order valence-corrected chi connectivity index (χ1v) is 5.58. The van der Waals surface area contributed by atoms with E-state index in [2.05, 4.69) is 4.74 Å². The monoisotopic (exact) mass is 292 g/mol. The maximum atomic E-state index is 14.1. The Labute approximate surface area is 106 Å². The molecule has 1 aliphatic rings. The lowest BCUT2D eigenvalue weighted by molar-refractivity contribution is -0.311. The maximum Gasteiger partial charge on any atom is 0.357 e. The molecule has 1 fully saturated rings. The van der Waals surface area contributed by atoms with Gasteiger partial charge in [-0.2, -0.15) is 17.6 Å². The molecule has 0 heterocycles. The van der Waals surface area contributed by atoms with Gasteiger partial charge in [0.2, 0.25) is 0 Å². The fourth-order valence-electron chi connectivity index (χ4n) is 1.71. The van der Waals surface area contributed by atoms with Crippen LogP contribution < -0.4 is 0 Å². The van der Waals surface area contributed by atoms with E-state index in [1.54, 1.807) is 0 Å². The number of hydrogen-bond donors (Lipinski definition) is 0. The second kappa shape index (κ2) is 4.28. The van der Waals surface area contributed by atoms with Crippen LogP contribution in [0.4, 0.5) is 26.3 Å². The second-order valence-corrected chi connectivity index (χ2v) is 5.51. The second-order valence-electron chi connectivity index (χ2n) is 5.51. The molecule has 1 rings (SSSR count). The fourth-order valence-corrected chi connectivity index (χ4v) is 1.71. The number of halogens is 6. The average molecular weight is 292 g/mol. The van der Waals surface area contributed by atoms with Gasteiger partial charge in [-0.15, -0.1) is 0 Å². The molecule has 0 amide bonds. The van der Waals surface area contributed by atoms with Gasteiger partial charge in [-0.05, 0) is 27.2 Å². The zero-order chi connectivity index (χ0) is 15.3. The van der Waals surface area contributed by atoms with Crippen LogP contribution in [0.5, 0.6) is 0 Å². The zero-order valence-corrected chi connectivity index (χ0v) is 10.6. The number of rotatable bonds is 1. The van der Waals surface area contributed by atoms with Crippen molar-refractivity contribution in [1.29, 1.82) is 0 Å². The molecule has 2 unspecified atom stereocenters. The molecule has 0 aromatic carbocycles. The molecule has 112 valence electrons. The van der Waals surface area contributed by atoms with Gasteiger partial charge in [0.05, 0.1) is 0 Å². The van der Waals surface area contributed by atoms with E-state index in [9.17, 15) is 31.1 Å². The highest BCUT2D eigenvalue weighted by molar-refractivity contribution is 5.82. The first kappa shape index (κ1) is 16.1. The summed E-state index contributed by atoms with van der Waals surface area (Å²) >= 11 is 0. The summed E-state index contributed by atoms with van der Waals surface area (Å²) in [5, 5.41) is 0. The van der Waals surface area contributed by atoms with Crippen LogP contribution in [-0.2, 0) is 9.53 Å². The van der Waals surface area contributed by atoms with Crippen LogP contribution in [0, 0.1) is 0 Å². The van der Waals surface area contributed by atoms with Crippen LogP contribution >= 0.6 is 0 Å². The molecule has 0 aromatic rings. The van der Waals surface area contributed by atoms with Crippen LogP contribution in [0.3, 0.4) is 0 Å². The lowest BCUT2D eigenvalue weighted by Gasteiger charge is -2.42. The first-order valence-electron chi connectivity index (χ1n) is 5.58. The number of hydrogen-bond acceptors (Lipinski definition) is 2. The molecule has 19 heavy (non-hydrogen) atoms. The van der Waals surface area contributed by atoms with E-state index in [4.69, 9.17) is 0 Å². The predicted molar refractivity (Wildman–Crippen MR) is 53.7 cm³/mol. The van der Waals surface area contributed by atoms with Crippen LogP contribution in [0.25, 0.3) is 0 Å². The van der Waals surface area contributed by atoms with Gasteiger partial charge in [0.1, 0.15) is 5.60 Å². The highest BCUT2D eigenvalue weighted by Gasteiger charge is 2.79. The molecule has 0 spiro atoms. The van der Waals surface area contributed by atoms with Crippen molar-refractivity contribution in [2.75, 3.05) is 0 Å². The zero-order valence-electron chi connectivity index (χ0n) is 10.6. The van der Waals surface area contributed by atoms with Crippen molar-refractivity contribution in [3.8, 4) is 0 Å². The van der Waals surface area contributed by atoms with E-state index in [1.165, 1.54) is 20.8 Å². The minimum atomic E-state index is -5.46. The van der Waals surface area contributed by atoms with Crippen molar-refractivity contribution in [3.63, 3.8) is 0 Å². The number of esters is 1. The number of carbonyl (C=O) groups is 1. The minimum Gasteiger partial charge on any atom is -0.457 e. The Kier molecular flexibility index (Phi) is 3.62. The van der Waals surface area contributed by atoms with Crippen LogP contribution in [0.1, 0.15) is 33.6 Å². The van der Waals surface area contributed by atoms with Gasteiger partial charge >= 0.3 is 17.8 Å². The third kappa shape index (κ3) is 2.41. The third-order valence-electron chi connectivity index (χ3n) is 2.77. The Morgan fingerprint density at radius 3 is 2.05 bits per heavy atom. The van der Waals surface area contributed by atoms with Crippen molar-refractivity contribution in [3.05, 3.63) is 0 Å². The molecule has 0 bridgehead atoms. The molecule has 0 saturated heterocycles. The van der Waals surface area contributed by atoms with Crippen molar-refractivity contribution in [2.45, 2.75) is 62.9 Å². The van der Waals surface area contributed by atoms with Gasteiger partial charge in [0.15, 0.2) is 6.17 Å². The van der Waals surface area contributed by atoms with Crippen molar-refractivity contribution < 1.29 is 35.9 Å². The van der Waals surface area contributed by atoms with Crippen LogP contribution in [0.2, 0.25) is 0 Å². The van der Waals surface area contributed by atoms with Crippen molar-refractivity contribution >= 4 is 5.97 Å². The Bertz CT molecular complexity index is 376. The van der Waals surface area contributed by atoms with Gasteiger partial charge in [-0.25, -0.2) is 13.6 Å². The first-order chi connectivity index (χ1) is 8.26. The Balaban J connectivity index is 3.14. The van der Waals surface area contributed by atoms with Gasteiger partial charge in [-0.3, -0.25) is 0 Å². The number of alkyl halides is 6. The predicted octanol–water partition coefficient (Wildman–Crippen LogP) is 3.44. The molecule has 2 nitrogen and oxygen atoms in total. The van der Waals surface area contributed by atoms with Gasteiger partial charge in [0.25, 0.3) is 5.67 Å². The molecule has 0 N–H and O–H groups in total. The fraction of sp³-hybridized carbons (Fsp3) is 0.909. The van der Waals surface area contributed by atoms with E-state index in [0.29, 0.717) is 0 Å². The molecule has 2 atom stereocenters. The summed E-state index contributed by atoms with van der Waals surface area (Å²) in [7, 11) is 0. The number of carbonyl (C=O) groups excluding carboxylic acids is 1. The largest absolute Gasteiger partial charge is 0.457 e. The molecule has 0 aliphatic heterocycles. The van der Waals surface area contributed by atoms with E-state index in [-0.39, 0.29) is 0 Å². The van der Waals surface area contributed by atoms with Gasteiger partial charge in [-0.1, -0.05) is 0 Å². The molecule has 8 heteroatoms. The SMILES string of the molecule is CC(C)(C)OC(=O)C1(F)CCC(F)C(F)(F)C1(F)F. The summed E-state index contributed by atoms with van der Waals surface area (Å²) in [6, 6.07) is 0. The summed E-state index contributed by atoms with van der Waals surface area (Å²) in [5.41, 5.74) is -5.56. The van der Waals surface area contributed by atoms with Crippen molar-refractivity contribution in [1.82, 2.24) is 0 Å².